The van der Waals surface area contributed by atoms with Gasteiger partial charge < -0.3 is 5.32 Å². The van der Waals surface area contributed by atoms with Crippen LogP contribution in [0.4, 0.5) is 0 Å². The predicted molar refractivity (Wildman–Crippen MR) is 42.6 cm³/mol. The molecule has 2 heteroatoms. The van der Waals surface area contributed by atoms with E-state index in [2.05, 4.69) is 25.2 Å². The van der Waals surface area contributed by atoms with Crippen molar-refractivity contribution in [2.75, 3.05) is 0 Å². The second-order valence-electron chi connectivity index (χ2n) is 2.74. The Bertz CT molecular complexity index is 115. The highest BCUT2D eigenvalue weighted by Crippen LogP contribution is 1.94. The van der Waals surface area contributed by atoms with Crippen molar-refractivity contribution in [1.82, 2.24) is 5.32 Å². The third-order valence-corrected chi connectivity index (χ3v) is 1.58. The van der Waals surface area contributed by atoms with E-state index in [1.807, 2.05) is 6.92 Å². The van der Waals surface area contributed by atoms with Crippen molar-refractivity contribution in [3.63, 3.8) is 0 Å². The minimum atomic E-state index is 0.333. The van der Waals surface area contributed by atoms with Gasteiger partial charge in [0.15, 0.2) is 0 Å². The lowest BCUT2D eigenvalue weighted by Gasteiger charge is -2.15. The molecule has 2 unspecified atom stereocenters. The van der Waals surface area contributed by atoms with Crippen molar-refractivity contribution >= 4 is 0 Å². The van der Waals surface area contributed by atoms with Crippen molar-refractivity contribution in [2.45, 2.75) is 45.7 Å². The molecular formula is C8H16N2. The molecule has 0 saturated heterocycles. The molecule has 0 aromatic carbocycles. The fourth-order valence-corrected chi connectivity index (χ4v) is 0.799. The third-order valence-electron chi connectivity index (χ3n) is 1.58. The van der Waals surface area contributed by atoms with Crippen molar-refractivity contribution in [1.29, 1.82) is 5.26 Å². The van der Waals surface area contributed by atoms with Crippen LogP contribution in [0.3, 0.4) is 0 Å². The smallest absolute Gasteiger partial charge is 0.0638 e. The number of nitrogens with zero attached hydrogens (tertiary/aromatic N) is 1. The Kier molecular flexibility index (Phi) is 4.96. The number of rotatable bonds is 4. The molecular weight excluding hydrogens is 124 g/mol. The van der Waals surface area contributed by atoms with E-state index in [1.54, 1.807) is 0 Å². The van der Waals surface area contributed by atoms with Gasteiger partial charge in [-0.25, -0.2) is 0 Å². The summed E-state index contributed by atoms with van der Waals surface area (Å²) in [6.45, 7) is 6.31. The molecule has 58 valence electrons. The monoisotopic (exact) mass is 140 g/mol. The summed E-state index contributed by atoms with van der Waals surface area (Å²) in [6.07, 6.45) is 1.72. The van der Waals surface area contributed by atoms with E-state index in [4.69, 9.17) is 5.26 Å². The Balaban J connectivity index is 3.38. The zero-order chi connectivity index (χ0) is 7.98. The van der Waals surface area contributed by atoms with Crippen LogP contribution in [0.2, 0.25) is 0 Å². The number of hydrogen-bond donors (Lipinski definition) is 1. The van der Waals surface area contributed by atoms with E-state index >= 15 is 0 Å². The summed E-state index contributed by atoms with van der Waals surface area (Å²) in [5, 5.41) is 11.6. The van der Waals surface area contributed by atoms with Crippen molar-refractivity contribution in [2.24, 2.45) is 0 Å². The van der Waals surface area contributed by atoms with Crippen LogP contribution in [-0.4, -0.2) is 12.1 Å². The minimum absolute atomic E-state index is 0.333. The van der Waals surface area contributed by atoms with Gasteiger partial charge in [-0.1, -0.05) is 6.92 Å². The van der Waals surface area contributed by atoms with Gasteiger partial charge in [0.2, 0.25) is 0 Å². The highest BCUT2D eigenvalue weighted by Gasteiger charge is 2.03. The van der Waals surface area contributed by atoms with Gasteiger partial charge in [-0.15, -0.1) is 0 Å². The fourth-order valence-electron chi connectivity index (χ4n) is 0.799. The molecule has 0 rings (SSSR count). The minimum Gasteiger partial charge on any atom is -0.311 e. The molecule has 0 aromatic heterocycles. The molecule has 0 radical (unpaired) electrons. The van der Waals surface area contributed by atoms with Crippen molar-refractivity contribution in [3.8, 4) is 6.07 Å². The van der Waals surface area contributed by atoms with Crippen molar-refractivity contribution < 1.29 is 0 Å². The first-order valence-corrected chi connectivity index (χ1v) is 3.83. The standard InChI is InChI=1S/C8H16N2/c1-4-7(2)10-8(3)5-6-9/h7-8,10H,4-5H2,1-3H3. The summed E-state index contributed by atoms with van der Waals surface area (Å²) in [6, 6.07) is 3.00. The van der Waals surface area contributed by atoms with Crippen LogP contribution in [0.5, 0.6) is 0 Å². The van der Waals surface area contributed by atoms with E-state index in [0.717, 1.165) is 6.42 Å². The first-order valence-electron chi connectivity index (χ1n) is 3.83. The zero-order valence-corrected chi connectivity index (χ0v) is 7.02. The van der Waals surface area contributed by atoms with Crippen LogP contribution < -0.4 is 5.32 Å². The van der Waals surface area contributed by atoms with Gasteiger partial charge in [0.1, 0.15) is 0 Å². The van der Waals surface area contributed by atoms with Gasteiger partial charge in [-0.05, 0) is 20.3 Å². The predicted octanol–water partition coefficient (Wildman–Crippen LogP) is 1.68. The number of nitrogens with one attached hydrogen (secondary N) is 1. The lowest BCUT2D eigenvalue weighted by molar-refractivity contribution is 0.462. The lowest BCUT2D eigenvalue weighted by atomic mass is 10.2. The highest BCUT2D eigenvalue weighted by atomic mass is 14.9. The second-order valence-corrected chi connectivity index (χ2v) is 2.74. The molecule has 0 aliphatic rings. The van der Waals surface area contributed by atoms with Crippen LogP contribution in [0.1, 0.15) is 33.6 Å². The molecule has 0 spiro atoms. The first kappa shape index (κ1) is 9.45. The molecule has 0 amide bonds. The quantitative estimate of drug-likeness (QED) is 0.645. The summed E-state index contributed by atoms with van der Waals surface area (Å²) in [7, 11) is 0. The van der Waals surface area contributed by atoms with E-state index in [-0.39, 0.29) is 0 Å². The molecule has 2 atom stereocenters. The highest BCUT2D eigenvalue weighted by molar-refractivity contribution is 4.78. The molecule has 0 saturated carbocycles. The maximum absolute atomic E-state index is 8.33. The zero-order valence-electron chi connectivity index (χ0n) is 7.02. The van der Waals surface area contributed by atoms with Gasteiger partial charge in [0.05, 0.1) is 12.5 Å². The van der Waals surface area contributed by atoms with Gasteiger partial charge in [0, 0.05) is 12.1 Å². The third kappa shape index (κ3) is 4.34. The Hall–Kier alpha value is -0.550. The Morgan fingerprint density at radius 1 is 1.40 bits per heavy atom. The van der Waals surface area contributed by atoms with Gasteiger partial charge in [-0.2, -0.15) is 5.26 Å². The molecule has 0 aliphatic heterocycles. The maximum Gasteiger partial charge on any atom is 0.0638 e. The molecule has 1 N–H and O–H groups in total. The van der Waals surface area contributed by atoms with E-state index in [1.165, 1.54) is 0 Å². The molecule has 2 nitrogen and oxygen atoms in total. The summed E-state index contributed by atoms with van der Waals surface area (Å²) in [4.78, 5) is 0. The van der Waals surface area contributed by atoms with Gasteiger partial charge in [0.25, 0.3) is 0 Å². The molecule has 0 aliphatic carbocycles. The lowest BCUT2D eigenvalue weighted by Crippen LogP contribution is -2.33. The summed E-state index contributed by atoms with van der Waals surface area (Å²) in [5.74, 6) is 0. The summed E-state index contributed by atoms with van der Waals surface area (Å²) < 4.78 is 0. The van der Waals surface area contributed by atoms with Crippen molar-refractivity contribution in [3.05, 3.63) is 0 Å². The number of hydrogen-bond acceptors (Lipinski definition) is 2. The van der Waals surface area contributed by atoms with Crippen LogP contribution in [0.15, 0.2) is 0 Å². The van der Waals surface area contributed by atoms with E-state index in [9.17, 15) is 0 Å². The normalized spacial score (nSPS) is 15.8. The van der Waals surface area contributed by atoms with Crippen LogP contribution in [0, 0.1) is 11.3 Å². The van der Waals surface area contributed by atoms with Gasteiger partial charge in [-0.3, -0.25) is 0 Å². The maximum atomic E-state index is 8.33. The molecule has 0 bridgehead atoms. The topological polar surface area (TPSA) is 35.8 Å². The van der Waals surface area contributed by atoms with Crippen LogP contribution in [-0.2, 0) is 0 Å². The molecule has 0 aromatic rings. The SMILES string of the molecule is CCC(C)NC(C)CC#N. The average molecular weight is 140 g/mol. The summed E-state index contributed by atoms with van der Waals surface area (Å²) in [5.41, 5.74) is 0. The van der Waals surface area contributed by atoms with Crippen LogP contribution >= 0.6 is 0 Å². The summed E-state index contributed by atoms with van der Waals surface area (Å²) >= 11 is 0. The fraction of sp³-hybridized carbons (Fsp3) is 0.875. The molecule has 10 heavy (non-hydrogen) atoms. The van der Waals surface area contributed by atoms with Crippen LogP contribution in [0.25, 0.3) is 0 Å². The Morgan fingerprint density at radius 2 is 2.00 bits per heavy atom. The largest absolute Gasteiger partial charge is 0.311 e. The second kappa shape index (κ2) is 5.25. The van der Waals surface area contributed by atoms with E-state index < -0.39 is 0 Å². The first-order chi connectivity index (χ1) is 4.70. The molecule has 0 heterocycles. The molecule has 0 fully saturated rings. The Morgan fingerprint density at radius 3 is 2.40 bits per heavy atom. The Labute approximate surface area is 63.2 Å². The van der Waals surface area contributed by atoms with E-state index in [0.29, 0.717) is 18.5 Å². The average Bonchev–Trinajstić information content (AvgIpc) is 1.88. The van der Waals surface area contributed by atoms with Gasteiger partial charge >= 0.3 is 0 Å². The number of nitriles is 1.